The molecule has 0 aliphatic rings. The summed E-state index contributed by atoms with van der Waals surface area (Å²) in [6.45, 7) is 0. The van der Waals surface area contributed by atoms with E-state index in [1.54, 1.807) is 6.07 Å². The van der Waals surface area contributed by atoms with Crippen molar-refractivity contribution in [2.75, 3.05) is 18.2 Å². The number of nitrogen functional groups attached to an aromatic ring is 1. The van der Waals surface area contributed by atoms with Crippen molar-refractivity contribution in [2.45, 2.75) is 0 Å². The van der Waals surface area contributed by atoms with Crippen LogP contribution < -0.4 is 15.8 Å². The molecule has 3 rings (SSSR count). The van der Waals surface area contributed by atoms with Crippen LogP contribution in [-0.4, -0.2) is 17.1 Å². The molecule has 7 heteroatoms. The van der Waals surface area contributed by atoms with Crippen LogP contribution >= 0.6 is 11.3 Å². The van der Waals surface area contributed by atoms with Crippen LogP contribution in [0.3, 0.4) is 0 Å². The van der Waals surface area contributed by atoms with Crippen LogP contribution in [0.1, 0.15) is 0 Å². The highest BCUT2D eigenvalue weighted by molar-refractivity contribution is 7.16. The fourth-order valence-electron chi connectivity index (χ4n) is 1.86. The van der Waals surface area contributed by atoms with Gasteiger partial charge in [-0.1, -0.05) is 0 Å². The lowest BCUT2D eigenvalue weighted by atomic mass is 10.2. The number of benzene rings is 1. The summed E-state index contributed by atoms with van der Waals surface area (Å²) in [6, 6.07) is 6.14. The molecular weight excluding hydrogens is 279 g/mol. The molecular formula is C13H11FN4OS. The van der Waals surface area contributed by atoms with E-state index in [0.29, 0.717) is 17.3 Å². The topological polar surface area (TPSA) is 73.1 Å². The highest BCUT2D eigenvalue weighted by atomic mass is 32.1. The lowest BCUT2D eigenvalue weighted by Gasteiger charge is -2.11. The van der Waals surface area contributed by atoms with Crippen LogP contribution in [0.2, 0.25) is 0 Å². The van der Waals surface area contributed by atoms with Crippen LogP contribution in [0.4, 0.5) is 21.8 Å². The molecule has 0 aliphatic carbocycles. The van der Waals surface area contributed by atoms with Crippen molar-refractivity contribution in [1.29, 1.82) is 0 Å². The van der Waals surface area contributed by atoms with Gasteiger partial charge in [0, 0.05) is 6.07 Å². The van der Waals surface area contributed by atoms with Gasteiger partial charge in [-0.3, -0.25) is 0 Å². The largest absolute Gasteiger partial charge is 0.494 e. The number of aromatic nitrogens is 2. The van der Waals surface area contributed by atoms with Gasteiger partial charge in [0.25, 0.3) is 0 Å². The molecule has 5 nitrogen and oxygen atoms in total. The van der Waals surface area contributed by atoms with E-state index in [-0.39, 0.29) is 11.8 Å². The third-order valence-corrected chi connectivity index (χ3v) is 3.57. The quantitative estimate of drug-likeness (QED) is 0.775. The number of halogens is 1. The molecule has 2 heterocycles. The van der Waals surface area contributed by atoms with Gasteiger partial charge >= 0.3 is 0 Å². The Morgan fingerprint density at radius 3 is 2.95 bits per heavy atom. The monoisotopic (exact) mass is 290 g/mol. The molecule has 102 valence electrons. The summed E-state index contributed by atoms with van der Waals surface area (Å²) in [5, 5.41) is 5.87. The molecule has 0 radical (unpaired) electrons. The molecule has 0 unspecified atom stereocenters. The molecule has 0 fully saturated rings. The Balaban J connectivity index is 2.07. The van der Waals surface area contributed by atoms with Crippen molar-refractivity contribution >= 4 is 39.0 Å². The first-order chi connectivity index (χ1) is 9.67. The van der Waals surface area contributed by atoms with Crippen molar-refractivity contribution in [3.63, 3.8) is 0 Å². The van der Waals surface area contributed by atoms with E-state index in [1.807, 2.05) is 11.4 Å². The van der Waals surface area contributed by atoms with Crippen molar-refractivity contribution < 1.29 is 9.13 Å². The van der Waals surface area contributed by atoms with Crippen molar-refractivity contribution in [3.05, 3.63) is 35.5 Å². The number of nitrogens with zero attached hydrogens (tertiary/aromatic N) is 2. The first-order valence-corrected chi connectivity index (χ1v) is 6.66. The number of rotatable bonds is 3. The molecule has 0 amide bonds. The van der Waals surface area contributed by atoms with E-state index in [0.717, 1.165) is 10.2 Å². The molecule has 0 bridgehead atoms. The third kappa shape index (κ3) is 2.23. The van der Waals surface area contributed by atoms with Gasteiger partial charge in [0.05, 0.1) is 18.2 Å². The summed E-state index contributed by atoms with van der Waals surface area (Å²) in [6.07, 6.45) is 0. The van der Waals surface area contributed by atoms with Crippen molar-refractivity contribution in [2.24, 2.45) is 0 Å². The van der Waals surface area contributed by atoms with Gasteiger partial charge in [-0.2, -0.15) is 4.98 Å². The zero-order valence-electron chi connectivity index (χ0n) is 10.6. The Hall–Kier alpha value is -2.41. The van der Waals surface area contributed by atoms with Gasteiger partial charge in [-0.15, -0.1) is 11.3 Å². The van der Waals surface area contributed by atoms with Gasteiger partial charge in [-0.25, -0.2) is 9.37 Å². The van der Waals surface area contributed by atoms with Gasteiger partial charge in [0.15, 0.2) is 0 Å². The van der Waals surface area contributed by atoms with E-state index in [4.69, 9.17) is 10.5 Å². The van der Waals surface area contributed by atoms with E-state index in [9.17, 15) is 4.39 Å². The molecule has 3 aromatic rings. The molecule has 1 aromatic carbocycles. The number of hydrogen-bond acceptors (Lipinski definition) is 6. The van der Waals surface area contributed by atoms with Crippen molar-refractivity contribution in [3.8, 4) is 5.75 Å². The maximum absolute atomic E-state index is 13.2. The van der Waals surface area contributed by atoms with Crippen LogP contribution in [0, 0.1) is 5.82 Å². The predicted molar refractivity (Wildman–Crippen MR) is 78.1 cm³/mol. The van der Waals surface area contributed by atoms with E-state index in [1.165, 1.54) is 30.6 Å². The Labute approximate surface area is 118 Å². The fraction of sp³-hybridized carbons (Fsp3) is 0.0769. The second-order valence-corrected chi connectivity index (χ2v) is 4.93. The number of nitrogens with one attached hydrogen (secondary N) is 1. The number of ether oxygens (including phenoxy) is 1. The molecule has 0 spiro atoms. The summed E-state index contributed by atoms with van der Waals surface area (Å²) < 4.78 is 18.3. The highest BCUT2D eigenvalue weighted by Gasteiger charge is 2.10. The lowest BCUT2D eigenvalue weighted by molar-refractivity contribution is 0.413. The number of fused-ring (bicyclic) bond motifs is 1. The standard InChI is InChI=1S/C13H11FN4OS/c1-19-10-6-7(14)2-3-9(10)16-11-8-4-5-20-12(8)18-13(15)17-11/h2-6H,1H3,(H3,15,16,17,18). The third-order valence-electron chi connectivity index (χ3n) is 2.76. The average molecular weight is 290 g/mol. The van der Waals surface area contributed by atoms with Gasteiger partial charge in [-0.05, 0) is 23.6 Å². The second-order valence-electron chi connectivity index (χ2n) is 4.04. The highest BCUT2D eigenvalue weighted by Crippen LogP contribution is 2.32. The summed E-state index contributed by atoms with van der Waals surface area (Å²) in [4.78, 5) is 9.12. The number of thiophene rings is 1. The maximum Gasteiger partial charge on any atom is 0.223 e. The average Bonchev–Trinajstić information content (AvgIpc) is 2.88. The Morgan fingerprint density at radius 1 is 1.30 bits per heavy atom. The normalized spacial score (nSPS) is 10.7. The minimum Gasteiger partial charge on any atom is -0.494 e. The van der Waals surface area contributed by atoms with Gasteiger partial charge in [0.1, 0.15) is 22.2 Å². The zero-order chi connectivity index (χ0) is 14.1. The first kappa shape index (κ1) is 12.6. The number of nitrogens with two attached hydrogens (primary N) is 1. The smallest absolute Gasteiger partial charge is 0.223 e. The Bertz CT molecular complexity index is 774. The molecule has 20 heavy (non-hydrogen) atoms. The van der Waals surface area contributed by atoms with Gasteiger partial charge < -0.3 is 15.8 Å². The molecule has 2 aromatic heterocycles. The summed E-state index contributed by atoms with van der Waals surface area (Å²) >= 11 is 1.48. The zero-order valence-corrected chi connectivity index (χ0v) is 11.4. The van der Waals surface area contributed by atoms with Crippen LogP contribution in [0.25, 0.3) is 10.2 Å². The maximum atomic E-state index is 13.2. The first-order valence-electron chi connectivity index (χ1n) is 5.78. The molecule has 0 saturated heterocycles. The summed E-state index contributed by atoms with van der Waals surface area (Å²) in [5.74, 6) is 0.781. The van der Waals surface area contributed by atoms with Crippen LogP contribution in [0.5, 0.6) is 5.75 Å². The van der Waals surface area contributed by atoms with Crippen LogP contribution in [-0.2, 0) is 0 Å². The lowest BCUT2D eigenvalue weighted by Crippen LogP contribution is -2.01. The number of anilines is 3. The van der Waals surface area contributed by atoms with Crippen LogP contribution in [0.15, 0.2) is 29.6 Å². The SMILES string of the molecule is COc1cc(F)ccc1Nc1nc(N)nc2sccc12. The number of hydrogen-bond donors (Lipinski definition) is 2. The minimum absolute atomic E-state index is 0.184. The van der Waals surface area contributed by atoms with Crippen molar-refractivity contribution in [1.82, 2.24) is 9.97 Å². The fourth-order valence-corrected chi connectivity index (χ4v) is 2.63. The van der Waals surface area contributed by atoms with E-state index >= 15 is 0 Å². The molecule has 3 N–H and O–H groups in total. The summed E-state index contributed by atoms with van der Waals surface area (Å²) in [5.41, 5.74) is 6.30. The predicted octanol–water partition coefficient (Wildman–Crippen LogP) is 3.16. The Kier molecular flexibility index (Phi) is 3.11. The number of methoxy groups -OCH3 is 1. The minimum atomic E-state index is -0.365. The summed E-state index contributed by atoms with van der Waals surface area (Å²) in [7, 11) is 1.48. The molecule has 0 atom stereocenters. The Morgan fingerprint density at radius 2 is 2.15 bits per heavy atom. The van der Waals surface area contributed by atoms with E-state index in [2.05, 4.69) is 15.3 Å². The molecule has 0 aliphatic heterocycles. The van der Waals surface area contributed by atoms with Gasteiger partial charge in [0.2, 0.25) is 5.95 Å². The second kappa shape index (κ2) is 4.93. The molecule has 0 saturated carbocycles. The van der Waals surface area contributed by atoms with E-state index < -0.39 is 0 Å².